The predicted octanol–water partition coefficient (Wildman–Crippen LogP) is 1.15. The molecule has 0 aliphatic heterocycles. The Balaban J connectivity index is 1.74. The number of carboxylic acids is 1. The van der Waals surface area contributed by atoms with E-state index in [9.17, 15) is 4.79 Å². The summed E-state index contributed by atoms with van der Waals surface area (Å²) in [5.41, 5.74) is 1.02. The van der Waals surface area contributed by atoms with Crippen molar-refractivity contribution < 1.29 is 9.90 Å². The number of aromatic nitrogens is 1. The quantitative estimate of drug-likeness (QED) is 0.651. The van der Waals surface area contributed by atoms with Crippen LogP contribution in [0.1, 0.15) is 6.42 Å². The number of aliphatic carboxylic acids is 1. The summed E-state index contributed by atoms with van der Waals surface area (Å²) in [7, 11) is 0. The normalized spacial score (nSPS) is 25.5. The Kier molecular flexibility index (Phi) is 1.96. The summed E-state index contributed by atoms with van der Waals surface area (Å²) in [6.07, 6.45) is 4.51. The van der Waals surface area contributed by atoms with Crippen molar-refractivity contribution in [3.8, 4) is 0 Å². The second-order valence-electron chi connectivity index (χ2n) is 3.42. The molecule has 4 heteroatoms. The summed E-state index contributed by atoms with van der Waals surface area (Å²) in [6, 6.07) is 1.93. The highest BCUT2D eigenvalue weighted by atomic mass is 16.4. The molecule has 0 radical (unpaired) electrons. The maximum atomic E-state index is 10.5. The minimum Gasteiger partial charge on any atom is -0.481 e. The molecule has 1 aliphatic carbocycles. The second-order valence-corrected chi connectivity index (χ2v) is 3.42. The topological polar surface area (TPSA) is 65.1 Å². The van der Waals surface area contributed by atoms with E-state index in [2.05, 4.69) is 10.3 Å². The molecule has 0 spiro atoms. The van der Waals surface area contributed by atoms with E-state index < -0.39 is 5.97 Å². The number of nitrogens with one attached hydrogen (secondary N) is 2. The van der Waals surface area contributed by atoms with E-state index in [1.807, 2.05) is 18.5 Å². The lowest BCUT2D eigenvalue weighted by Crippen LogP contribution is -2.07. The number of carbonyl (C=O) groups is 1. The van der Waals surface area contributed by atoms with Gasteiger partial charge in [-0.1, -0.05) is 0 Å². The zero-order valence-corrected chi connectivity index (χ0v) is 7.16. The first kappa shape index (κ1) is 8.16. The number of hydrogen-bond acceptors (Lipinski definition) is 2. The van der Waals surface area contributed by atoms with Gasteiger partial charge >= 0.3 is 5.97 Å². The Morgan fingerprint density at radius 3 is 3.15 bits per heavy atom. The number of aromatic amines is 1. The van der Waals surface area contributed by atoms with Crippen molar-refractivity contribution in [2.45, 2.75) is 6.42 Å². The van der Waals surface area contributed by atoms with Crippen LogP contribution in [0.15, 0.2) is 18.5 Å². The summed E-state index contributed by atoms with van der Waals surface area (Å²) in [5.74, 6) is -0.472. The van der Waals surface area contributed by atoms with Crippen molar-refractivity contribution in [3.05, 3.63) is 18.5 Å². The fourth-order valence-corrected chi connectivity index (χ4v) is 1.46. The first-order chi connectivity index (χ1) is 6.27. The van der Waals surface area contributed by atoms with E-state index in [0.29, 0.717) is 5.92 Å². The minimum absolute atomic E-state index is 0.119. The SMILES string of the molecule is O=C(O)C1CC1CNc1cc[nH]c1. The Morgan fingerprint density at radius 1 is 1.77 bits per heavy atom. The summed E-state index contributed by atoms with van der Waals surface area (Å²) < 4.78 is 0. The number of anilines is 1. The minimum atomic E-state index is -0.666. The number of hydrogen-bond donors (Lipinski definition) is 3. The Bertz CT molecular complexity index is 295. The molecule has 0 amide bonds. The molecule has 0 bridgehead atoms. The molecule has 2 rings (SSSR count). The smallest absolute Gasteiger partial charge is 0.306 e. The second kappa shape index (κ2) is 3.12. The van der Waals surface area contributed by atoms with Gasteiger partial charge in [-0.15, -0.1) is 0 Å². The molecule has 2 unspecified atom stereocenters. The molecule has 4 nitrogen and oxygen atoms in total. The van der Waals surface area contributed by atoms with E-state index >= 15 is 0 Å². The molecule has 1 heterocycles. The summed E-state index contributed by atoms with van der Waals surface area (Å²) in [4.78, 5) is 13.4. The molecule has 0 saturated heterocycles. The highest BCUT2D eigenvalue weighted by Crippen LogP contribution is 2.38. The van der Waals surface area contributed by atoms with Gasteiger partial charge < -0.3 is 15.4 Å². The fourth-order valence-electron chi connectivity index (χ4n) is 1.46. The largest absolute Gasteiger partial charge is 0.481 e. The summed E-state index contributed by atoms with van der Waals surface area (Å²) >= 11 is 0. The zero-order valence-electron chi connectivity index (χ0n) is 7.16. The standard InChI is InChI=1S/C9H12N2O2/c12-9(13)8-3-6(8)4-11-7-1-2-10-5-7/h1-2,5-6,8,10-11H,3-4H2,(H,12,13). The van der Waals surface area contributed by atoms with Gasteiger partial charge in [0.05, 0.1) is 11.6 Å². The third-order valence-electron chi connectivity index (χ3n) is 2.41. The molecule has 1 aromatic rings. The average molecular weight is 180 g/mol. The van der Waals surface area contributed by atoms with Crippen LogP contribution in [0.25, 0.3) is 0 Å². The molecule has 70 valence electrons. The van der Waals surface area contributed by atoms with Gasteiger partial charge in [-0.2, -0.15) is 0 Å². The number of rotatable bonds is 4. The average Bonchev–Trinajstić information content (AvgIpc) is 2.70. The van der Waals surface area contributed by atoms with Crippen LogP contribution in [0.3, 0.4) is 0 Å². The van der Waals surface area contributed by atoms with Crippen LogP contribution in [-0.4, -0.2) is 22.6 Å². The van der Waals surface area contributed by atoms with Gasteiger partial charge in [0.15, 0.2) is 0 Å². The molecule has 1 aliphatic rings. The predicted molar refractivity (Wildman–Crippen MR) is 48.5 cm³/mol. The van der Waals surface area contributed by atoms with Crippen molar-refractivity contribution in [2.24, 2.45) is 11.8 Å². The van der Waals surface area contributed by atoms with Gasteiger partial charge in [-0.25, -0.2) is 0 Å². The fraction of sp³-hybridized carbons (Fsp3) is 0.444. The monoisotopic (exact) mass is 180 g/mol. The van der Waals surface area contributed by atoms with Crippen LogP contribution in [0, 0.1) is 11.8 Å². The van der Waals surface area contributed by atoms with Gasteiger partial charge in [0, 0.05) is 18.9 Å². The highest BCUT2D eigenvalue weighted by Gasteiger charge is 2.42. The Labute approximate surface area is 76.0 Å². The first-order valence-electron chi connectivity index (χ1n) is 4.37. The van der Waals surface area contributed by atoms with Crippen LogP contribution >= 0.6 is 0 Å². The van der Waals surface area contributed by atoms with Crippen molar-refractivity contribution in [1.82, 2.24) is 4.98 Å². The molecule has 1 saturated carbocycles. The molecule has 2 atom stereocenters. The van der Waals surface area contributed by atoms with Crippen LogP contribution in [-0.2, 0) is 4.79 Å². The molecular formula is C9H12N2O2. The lowest BCUT2D eigenvalue weighted by atomic mass is 10.3. The number of H-pyrrole nitrogens is 1. The Hall–Kier alpha value is -1.45. The molecule has 13 heavy (non-hydrogen) atoms. The maximum Gasteiger partial charge on any atom is 0.306 e. The van der Waals surface area contributed by atoms with Gasteiger partial charge in [0.1, 0.15) is 0 Å². The van der Waals surface area contributed by atoms with Gasteiger partial charge in [-0.3, -0.25) is 4.79 Å². The number of carboxylic acid groups (broad SMARTS) is 1. The van der Waals surface area contributed by atoms with Crippen LogP contribution in [0.2, 0.25) is 0 Å². The molecule has 1 fully saturated rings. The molecule has 1 aromatic heterocycles. The van der Waals surface area contributed by atoms with Crippen molar-refractivity contribution in [3.63, 3.8) is 0 Å². The summed E-state index contributed by atoms with van der Waals surface area (Å²) in [6.45, 7) is 0.759. The lowest BCUT2D eigenvalue weighted by molar-refractivity contribution is -0.138. The Morgan fingerprint density at radius 2 is 2.62 bits per heavy atom. The molecule has 3 N–H and O–H groups in total. The van der Waals surface area contributed by atoms with Gasteiger partial charge in [-0.05, 0) is 18.4 Å². The van der Waals surface area contributed by atoms with Crippen LogP contribution in [0.5, 0.6) is 0 Å². The van der Waals surface area contributed by atoms with E-state index in [1.54, 1.807) is 0 Å². The lowest BCUT2D eigenvalue weighted by Gasteiger charge is -2.00. The van der Waals surface area contributed by atoms with E-state index in [-0.39, 0.29) is 5.92 Å². The maximum absolute atomic E-state index is 10.5. The van der Waals surface area contributed by atoms with E-state index in [4.69, 9.17) is 5.11 Å². The van der Waals surface area contributed by atoms with Gasteiger partial charge in [0.25, 0.3) is 0 Å². The van der Waals surface area contributed by atoms with E-state index in [0.717, 1.165) is 18.7 Å². The summed E-state index contributed by atoms with van der Waals surface area (Å²) in [5, 5.41) is 11.8. The molecule has 0 aromatic carbocycles. The first-order valence-corrected chi connectivity index (χ1v) is 4.37. The molecular weight excluding hydrogens is 168 g/mol. The van der Waals surface area contributed by atoms with Crippen LogP contribution < -0.4 is 5.32 Å². The van der Waals surface area contributed by atoms with Crippen molar-refractivity contribution in [1.29, 1.82) is 0 Å². The third-order valence-corrected chi connectivity index (χ3v) is 2.41. The van der Waals surface area contributed by atoms with Gasteiger partial charge in [0.2, 0.25) is 0 Å². The highest BCUT2D eigenvalue weighted by molar-refractivity contribution is 5.73. The van der Waals surface area contributed by atoms with Crippen LogP contribution in [0.4, 0.5) is 5.69 Å². The van der Waals surface area contributed by atoms with E-state index in [1.165, 1.54) is 0 Å². The third kappa shape index (κ3) is 1.83. The van der Waals surface area contributed by atoms with Crippen molar-refractivity contribution >= 4 is 11.7 Å². The van der Waals surface area contributed by atoms with Crippen molar-refractivity contribution in [2.75, 3.05) is 11.9 Å². The zero-order chi connectivity index (χ0) is 9.26.